The molecule has 0 bridgehead atoms. The second kappa shape index (κ2) is 9.91. The number of ether oxygens (including phenoxy) is 1. The van der Waals surface area contributed by atoms with Crippen molar-refractivity contribution in [1.29, 1.82) is 0 Å². The Bertz CT molecular complexity index is 662. The zero-order valence-corrected chi connectivity index (χ0v) is 16.0. The first-order valence-corrected chi connectivity index (χ1v) is 9.30. The number of primary amides is 1. The highest BCUT2D eigenvalue weighted by Gasteiger charge is 2.32. The van der Waals surface area contributed by atoms with Gasteiger partial charge in [-0.15, -0.1) is 0 Å². The second-order valence-corrected chi connectivity index (χ2v) is 6.73. The number of hydrogen-bond acceptors (Lipinski definition) is 4. The van der Waals surface area contributed by atoms with Crippen LogP contribution in [0, 0.1) is 0 Å². The van der Waals surface area contributed by atoms with E-state index in [1.807, 2.05) is 6.92 Å². The molecule has 1 saturated heterocycles. The minimum Gasteiger partial charge on any atom is -0.497 e. The predicted molar refractivity (Wildman–Crippen MR) is 101 cm³/mol. The lowest BCUT2D eigenvalue weighted by molar-refractivity contribution is -0.882. The summed E-state index contributed by atoms with van der Waals surface area (Å²) in [5.74, 6) is -0.0502. The summed E-state index contributed by atoms with van der Waals surface area (Å²) in [6.07, 6.45) is 2.38. The predicted octanol–water partition coefficient (Wildman–Crippen LogP) is -0.595. The molecule has 2 atom stereocenters. The van der Waals surface area contributed by atoms with E-state index in [1.165, 1.54) is 0 Å². The zero-order valence-electron chi connectivity index (χ0n) is 16.0. The molecule has 0 aliphatic carbocycles. The van der Waals surface area contributed by atoms with E-state index in [0.29, 0.717) is 30.9 Å². The Morgan fingerprint density at radius 1 is 1.22 bits per heavy atom. The van der Waals surface area contributed by atoms with E-state index in [0.717, 1.165) is 17.7 Å². The summed E-state index contributed by atoms with van der Waals surface area (Å²) in [4.78, 5) is 39.0. The van der Waals surface area contributed by atoms with Crippen molar-refractivity contribution in [2.45, 2.75) is 32.2 Å². The average Bonchev–Trinajstić information content (AvgIpc) is 2.67. The lowest BCUT2D eigenvalue weighted by Gasteiger charge is -2.34. The number of nitrogens with zero attached hydrogens (tertiary/aromatic N) is 1. The van der Waals surface area contributed by atoms with Crippen LogP contribution in [0.1, 0.15) is 26.2 Å². The van der Waals surface area contributed by atoms with Gasteiger partial charge in [-0.1, -0.05) is 0 Å². The summed E-state index contributed by atoms with van der Waals surface area (Å²) in [5.41, 5.74) is 6.11. The van der Waals surface area contributed by atoms with Gasteiger partial charge in [0.1, 0.15) is 11.8 Å². The third-order valence-electron chi connectivity index (χ3n) is 4.84. The molecule has 148 valence electrons. The van der Waals surface area contributed by atoms with Crippen molar-refractivity contribution in [3.8, 4) is 5.75 Å². The van der Waals surface area contributed by atoms with E-state index >= 15 is 0 Å². The molecule has 3 amide bonds. The minimum absolute atomic E-state index is 0.132. The van der Waals surface area contributed by atoms with Gasteiger partial charge < -0.3 is 25.6 Å². The van der Waals surface area contributed by atoms with Crippen molar-refractivity contribution in [3.05, 3.63) is 24.3 Å². The number of rotatable bonds is 8. The molecule has 8 heteroatoms. The number of quaternary nitrogens is 1. The molecule has 1 unspecified atom stereocenters. The van der Waals surface area contributed by atoms with Crippen LogP contribution in [0.3, 0.4) is 0 Å². The first-order valence-electron chi connectivity index (χ1n) is 9.30. The topological polar surface area (TPSA) is 106 Å². The van der Waals surface area contributed by atoms with Gasteiger partial charge >= 0.3 is 0 Å². The van der Waals surface area contributed by atoms with Crippen molar-refractivity contribution >= 4 is 23.4 Å². The molecule has 1 fully saturated rings. The van der Waals surface area contributed by atoms with Gasteiger partial charge in [-0.05, 0) is 50.5 Å². The third-order valence-corrected chi connectivity index (χ3v) is 4.84. The highest BCUT2D eigenvalue weighted by atomic mass is 16.5. The van der Waals surface area contributed by atoms with Crippen LogP contribution in [0.2, 0.25) is 0 Å². The van der Waals surface area contributed by atoms with Gasteiger partial charge in [-0.25, -0.2) is 0 Å². The van der Waals surface area contributed by atoms with E-state index in [1.54, 1.807) is 36.3 Å². The fourth-order valence-electron chi connectivity index (χ4n) is 3.26. The molecule has 0 saturated carbocycles. The lowest BCUT2D eigenvalue weighted by Crippen LogP contribution is -3.14. The Balaban J connectivity index is 1.90. The molecule has 1 aliphatic heterocycles. The summed E-state index contributed by atoms with van der Waals surface area (Å²) in [6, 6.07) is 6.53. The van der Waals surface area contributed by atoms with E-state index < -0.39 is 11.9 Å². The summed E-state index contributed by atoms with van der Waals surface area (Å²) in [6.45, 7) is 3.42. The quantitative estimate of drug-likeness (QED) is 0.563. The van der Waals surface area contributed by atoms with Gasteiger partial charge in [0.05, 0.1) is 13.7 Å². The largest absolute Gasteiger partial charge is 0.497 e. The van der Waals surface area contributed by atoms with E-state index in [2.05, 4.69) is 5.32 Å². The minimum atomic E-state index is -0.530. The van der Waals surface area contributed by atoms with Gasteiger partial charge in [0, 0.05) is 12.2 Å². The number of benzene rings is 1. The van der Waals surface area contributed by atoms with Crippen molar-refractivity contribution in [3.63, 3.8) is 0 Å². The molecule has 0 aromatic heterocycles. The van der Waals surface area contributed by atoms with E-state index in [4.69, 9.17) is 10.5 Å². The number of anilines is 1. The number of carbonyl (C=O) groups excluding carboxylic acids is 3. The van der Waals surface area contributed by atoms with Crippen molar-refractivity contribution in [2.24, 2.45) is 5.73 Å². The molecule has 1 heterocycles. The monoisotopic (exact) mass is 377 g/mol. The van der Waals surface area contributed by atoms with Crippen LogP contribution in [-0.2, 0) is 14.4 Å². The first-order chi connectivity index (χ1) is 12.9. The lowest BCUT2D eigenvalue weighted by atomic mass is 10.0. The van der Waals surface area contributed by atoms with Crippen molar-refractivity contribution in [1.82, 2.24) is 4.90 Å². The number of likely N-dealkylation sites (N-methyl/N-ethyl adjacent to an activating group) is 1. The third kappa shape index (κ3) is 5.96. The van der Waals surface area contributed by atoms with Crippen LogP contribution in [0.15, 0.2) is 24.3 Å². The van der Waals surface area contributed by atoms with Crippen LogP contribution in [-0.4, -0.2) is 62.0 Å². The van der Waals surface area contributed by atoms with Gasteiger partial charge in [0.2, 0.25) is 5.91 Å². The number of methoxy groups -OCH3 is 1. The van der Waals surface area contributed by atoms with Crippen molar-refractivity contribution < 1.29 is 24.0 Å². The smallest absolute Gasteiger partial charge is 0.279 e. The molecule has 2 rings (SSSR count). The normalized spacial score (nSPS) is 17.9. The van der Waals surface area contributed by atoms with Gasteiger partial charge in [-0.2, -0.15) is 0 Å². The fraction of sp³-hybridized carbons (Fsp3) is 0.526. The Hall–Kier alpha value is -2.61. The highest BCUT2D eigenvalue weighted by molar-refractivity contribution is 5.91. The molecule has 1 aliphatic rings. The molecule has 1 aromatic rings. The molecular weight excluding hydrogens is 348 g/mol. The number of nitrogens with two attached hydrogens (primary N) is 1. The number of piperidine rings is 1. The maximum absolute atomic E-state index is 12.6. The maximum atomic E-state index is 12.6. The van der Waals surface area contributed by atoms with Crippen LogP contribution in [0.4, 0.5) is 5.69 Å². The maximum Gasteiger partial charge on any atom is 0.279 e. The van der Waals surface area contributed by atoms with Crippen LogP contribution in [0.5, 0.6) is 5.75 Å². The standard InChI is InChI=1S/C19H28N4O4/c1-3-22(12-17(24)21-14-7-9-15(27-2)10-8-14)13-18(25)23-11-5-4-6-16(23)19(20)26/h7-10,16H,3-6,11-13H2,1-2H3,(H2,20,26)(H,21,24)/p+1/t16-/m0/s1. The summed E-state index contributed by atoms with van der Waals surface area (Å²) in [7, 11) is 1.58. The fourth-order valence-corrected chi connectivity index (χ4v) is 3.26. The van der Waals surface area contributed by atoms with Crippen LogP contribution < -0.4 is 20.7 Å². The van der Waals surface area contributed by atoms with Gasteiger partial charge in [0.25, 0.3) is 11.8 Å². The molecule has 0 spiro atoms. The molecule has 27 heavy (non-hydrogen) atoms. The number of hydrogen-bond donors (Lipinski definition) is 3. The summed E-state index contributed by atoms with van der Waals surface area (Å²) >= 11 is 0. The van der Waals surface area contributed by atoms with Gasteiger partial charge in [-0.3, -0.25) is 14.4 Å². The first kappa shape index (κ1) is 20.7. The Kier molecular flexibility index (Phi) is 7.60. The Labute approximate surface area is 159 Å². The Morgan fingerprint density at radius 2 is 1.93 bits per heavy atom. The summed E-state index contributed by atoms with van der Waals surface area (Å²) in [5, 5.41) is 2.82. The van der Waals surface area contributed by atoms with Gasteiger partial charge in [0.15, 0.2) is 13.1 Å². The highest BCUT2D eigenvalue weighted by Crippen LogP contribution is 2.16. The number of amides is 3. The van der Waals surface area contributed by atoms with E-state index in [9.17, 15) is 14.4 Å². The number of nitrogens with one attached hydrogen (secondary N) is 2. The second-order valence-electron chi connectivity index (χ2n) is 6.73. The van der Waals surface area contributed by atoms with Crippen LogP contribution in [0.25, 0.3) is 0 Å². The molecular formula is C19H29N4O4+. The molecule has 4 N–H and O–H groups in total. The summed E-state index contributed by atoms with van der Waals surface area (Å²) < 4.78 is 5.09. The number of carbonyl (C=O) groups is 3. The SMILES string of the molecule is CC[NH+](CC(=O)Nc1ccc(OC)cc1)CC(=O)N1CCCC[C@H]1C(N)=O. The average molecular weight is 377 g/mol. The Morgan fingerprint density at radius 3 is 2.52 bits per heavy atom. The molecule has 8 nitrogen and oxygen atoms in total. The number of likely N-dealkylation sites (tertiary alicyclic amines) is 1. The van der Waals surface area contributed by atoms with E-state index in [-0.39, 0.29) is 24.9 Å². The molecule has 0 radical (unpaired) electrons. The van der Waals surface area contributed by atoms with Crippen LogP contribution >= 0.6 is 0 Å². The molecule has 1 aromatic carbocycles. The van der Waals surface area contributed by atoms with Crippen molar-refractivity contribution in [2.75, 3.05) is 38.6 Å². The zero-order chi connectivity index (χ0) is 19.8.